The quantitative estimate of drug-likeness (QED) is 0.809. The Balaban J connectivity index is 2.55. The molecular weight excluding hydrogens is 262 g/mol. The fourth-order valence-corrected chi connectivity index (χ4v) is 2.78. The van der Waals surface area contributed by atoms with Gasteiger partial charge in [-0.3, -0.25) is 4.79 Å². The number of rotatable bonds is 3. The summed E-state index contributed by atoms with van der Waals surface area (Å²) in [6.45, 7) is 3.77. The molecule has 2 rings (SSSR count). The number of sulfone groups is 1. The average Bonchev–Trinajstić information content (AvgIpc) is 2.63. The Bertz CT molecular complexity index is 725. The third-order valence-corrected chi connectivity index (χ3v) is 4.25. The maximum absolute atomic E-state index is 11.4. The second kappa shape index (κ2) is 4.66. The first-order chi connectivity index (χ1) is 8.84. The molecule has 0 aliphatic heterocycles. The van der Waals surface area contributed by atoms with Crippen molar-refractivity contribution in [1.82, 2.24) is 4.57 Å². The number of aromatic nitrogens is 1. The Kier molecular flexibility index (Phi) is 3.32. The van der Waals surface area contributed by atoms with Crippen molar-refractivity contribution in [3.8, 4) is 5.69 Å². The SMILES string of the molecule is Cc1cc(C=O)c(C)n1-c1ccc(S(C)(=O)=O)cc1. The molecule has 4 nitrogen and oxygen atoms in total. The smallest absolute Gasteiger partial charge is 0.175 e. The fraction of sp³-hybridized carbons (Fsp3) is 0.214. The maximum Gasteiger partial charge on any atom is 0.175 e. The number of carbonyl (C=O) groups excluding carboxylic acids is 1. The predicted octanol–water partition coefficient (Wildman–Crippen LogP) is 2.31. The molecule has 0 aliphatic carbocycles. The van der Waals surface area contributed by atoms with Crippen molar-refractivity contribution in [3.05, 3.63) is 47.3 Å². The van der Waals surface area contributed by atoms with Crippen molar-refractivity contribution in [2.24, 2.45) is 0 Å². The Morgan fingerprint density at radius 2 is 1.68 bits per heavy atom. The van der Waals surface area contributed by atoms with Crippen LogP contribution in [0.5, 0.6) is 0 Å². The minimum atomic E-state index is -3.19. The zero-order valence-electron chi connectivity index (χ0n) is 11.0. The van der Waals surface area contributed by atoms with Gasteiger partial charge in [0.25, 0.3) is 0 Å². The van der Waals surface area contributed by atoms with Crippen molar-refractivity contribution in [1.29, 1.82) is 0 Å². The van der Waals surface area contributed by atoms with Crippen LogP contribution in [0, 0.1) is 13.8 Å². The summed E-state index contributed by atoms with van der Waals surface area (Å²) < 4.78 is 24.8. The number of nitrogens with zero attached hydrogens (tertiary/aromatic N) is 1. The molecule has 0 saturated heterocycles. The summed E-state index contributed by atoms with van der Waals surface area (Å²) in [5, 5.41) is 0. The van der Waals surface area contributed by atoms with E-state index in [1.807, 2.05) is 24.5 Å². The Morgan fingerprint density at radius 3 is 2.11 bits per heavy atom. The van der Waals surface area contributed by atoms with Crippen LogP contribution in [-0.4, -0.2) is 25.5 Å². The van der Waals surface area contributed by atoms with Gasteiger partial charge in [-0.25, -0.2) is 8.42 Å². The van der Waals surface area contributed by atoms with Crippen LogP contribution in [-0.2, 0) is 9.84 Å². The number of carbonyl (C=O) groups is 1. The molecule has 5 heteroatoms. The van der Waals surface area contributed by atoms with Crippen molar-refractivity contribution in [2.75, 3.05) is 6.26 Å². The van der Waals surface area contributed by atoms with Gasteiger partial charge in [-0.1, -0.05) is 0 Å². The molecule has 1 aromatic carbocycles. The van der Waals surface area contributed by atoms with Crippen LogP contribution in [0.3, 0.4) is 0 Å². The van der Waals surface area contributed by atoms with Crippen LogP contribution in [0.4, 0.5) is 0 Å². The van der Waals surface area contributed by atoms with Gasteiger partial charge in [0.05, 0.1) is 4.90 Å². The first-order valence-electron chi connectivity index (χ1n) is 5.79. The molecule has 0 atom stereocenters. The van der Waals surface area contributed by atoms with Crippen LogP contribution in [0.25, 0.3) is 5.69 Å². The lowest BCUT2D eigenvalue weighted by Gasteiger charge is -2.10. The lowest BCUT2D eigenvalue weighted by Crippen LogP contribution is -2.01. The first kappa shape index (κ1) is 13.5. The summed E-state index contributed by atoms with van der Waals surface area (Å²) in [5.41, 5.74) is 3.27. The Hall–Kier alpha value is -1.88. The topological polar surface area (TPSA) is 56.1 Å². The van der Waals surface area contributed by atoms with Crippen molar-refractivity contribution >= 4 is 16.1 Å². The van der Waals surface area contributed by atoms with Crippen LogP contribution in [0.2, 0.25) is 0 Å². The lowest BCUT2D eigenvalue weighted by atomic mass is 10.2. The van der Waals surface area contributed by atoms with E-state index in [1.54, 1.807) is 24.3 Å². The number of benzene rings is 1. The summed E-state index contributed by atoms with van der Waals surface area (Å²) in [6, 6.07) is 8.44. The maximum atomic E-state index is 11.4. The van der Waals surface area contributed by atoms with Gasteiger partial charge in [0.2, 0.25) is 0 Å². The number of aldehydes is 1. The molecule has 0 bridgehead atoms. The average molecular weight is 277 g/mol. The molecule has 100 valence electrons. The molecule has 0 unspecified atom stereocenters. The van der Waals surface area contributed by atoms with Crippen molar-refractivity contribution in [2.45, 2.75) is 18.7 Å². The molecule has 0 saturated carbocycles. The van der Waals surface area contributed by atoms with E-state index in [0.29, 0.717) is 5.56 Å². The number of aryl methyl sites for hydroxylation is 1. The molecule has 0 fully saturated rings. The van der Waals surface area contributed by atoms with E-state index < -0.39 is 9.84 Å². The van der Waals surface area contributed by atoms with E-state index in [-0.39, 0.29) is 4.90 Å². The van der Waals surface area contributed by atoms with Gasteiger partial charge >= 0.3 is 0 Å². The summed E-state index contributed by atoms with van der Waals surface area (Å²) in [6.07, 6.45) is 2.00. The third-order valence-electron chi connectivity index (χ3n) is 3.12. The van der Waals surface area contributed by atoms with Crippen LogP contribution in [0.15, 0.2) is 35.2 Å². The second-order valence-electron chi connectivity index (χ2n) is 4.55. The van der Waals surface area contributed by atoms with E-state index in [4.69, 9.17) is 0 Å². The Labute approximate surface area is 112 Å². The highest BCUT2D eigenvalue weighted by molar-refractivity contribution is 7.90. The zero-order chi connectivity index (χ0) is 14.2. The predicted molar refractivity (Wildman–Crippen MR) is 73.7 cm³/mol. The van der Waals surface area contributed by atoms with Gasteiger partial charge in [0, 0.05) is 28.9 Å². The molecule has 1 aromatic heterocycles. The molecule has 0 spiro atoms. The van der Waals surface area contributed by atoms with Crippen LogP contribution < -0.4 is 0 Å². The molecule has 0 N–H and O–H groups in total. The number of hydrogen-bond donors (Lipinski definition) is 0. The third kappa shape index (κ3) is 2.46. The van der Waals surface area contributed by atoms with Crippen molar-refractivity contribution in [3.63, 3.8) is 0 Å². The van der Waals surface area contributed by atoms with E-state index in [2.05, 4.69) is 0 Å². The minimum absolute atomic E-state index is 0.286. The highest BCUT2D eigenvalue weighted by atomic mass is 32.2. The van der Waals surface area contributed by atoms with Gasteiger partial charge in [0.1, 0.15) is 0 Å². The minimum Gasteiger partial charge on any atom is -0.318 e. The summed E-state index contributed by atoms with van der Waals surface area (Å²) in [5.74, 6) is 0. The molecule has 19 heavy (non-hydrogen) atoms. The van der Waals surface area contributed by atoms with Gasteiger partial charge < -0.3 is 4.57 Å². The standard InChI is InChI=1S/C14H15NO3S/c1-10-8-12(9-16)11(2)15(10)13-4-6-14(7-5-13)19(3,17)18/h4-9H,1-3H3. The van der Waals surface area contributed by atoms with E-state index in [0.717, 1.165) is 23.4 Å². The van der Waals surface area contributed by atoms with Crippen LogP contribution >= 0.6 is 0 Å². The van der Waals surface area contributed by atoms with Gasteiger partial charge in [-0.15, -0.1) is 0 Å². The Morgan fingerprint density at radius 1 is 1.11 bits per heavy atom. The molecular formula is C14H15NO3S. The normalized spacial score (nSPS) is 11.5. The second-order valence-corrected chi connectivity index (χ2v) is 6.56. The molecule has 1 heterocycles. The first-order valence-corrected chi connectivity index (χ1v) is 7.68. The molecule has 2 aromatic rings. The zero-order valence-corrected chi connectivity index (χ0v) is 11.9. The van der Waals surface area contributed by atoms with E-state index >= 15 is 0 Å². The fourth-order valence-electron chi connectivity index (χ4n) is 2.15. The van der Waals surface area contributed by atoms with E-state index in [1.165, 1.54) is 6.26 Å². The molecule has 0 radical (unpaired) electrons. The largest absolute Gasteiger partial charge is 0.318 e. The highest BCUT2D eigenvalue weighted by Gasteiger charge is 2.11. The monoisotopic (exact) mass is 277 g/mol. The number of hydrogen-bond acceptors (Lipinski definition) is 3. The summed E-state index contributed by atoms with van der Waals surface area (Å²) in [7, 11) is -3.19. The van der Waals surface area contributed by atoms with Crippen molar-refractivity contribution < 1.29 is 13.2 Å². The molecule has 0 aliphatic rings. The van der Waals surface area contributed by atoms with Crippen LogP contribution in [0.1, 0.15) is 21.7 Å². The van der Waals surface area contributed by atoms with Gasteiger partial charge in [-0.05, 0) is 44.2 Å². The highest BCUT2D eigenvalue weighted by Crippen LogP contribution is 2.21. The molecule has 0 amide bonds. The lowest BCUT2D eigenvalue weighted by molar-refractivity contribution is 0.112. The van der Waals surface area contributed by atoms with E-state index in [9.17, 15) is 13.2 Å². The summed E-state index contributed by atoms with van der Waals surface area (Å²) in [4.78, 5) is 11.2. The summed E-state index contributed by atoms with van der Waals surface area (Å²) >= 11 is 0. The van der Waals surface area contributed by atoms with Gasteiger partial charge in [0.15, 0.2) is 16.1 Å². The van der Waals surface area contributed by atoms with Gasteiger partial charge in [-0.2, -0.15) is 0 Å².